The minimum Gasteiger partial charge on any atom is -0.422 e. The van der Waals surface area contributed by atoms with Gasteiger partial charge < -0.3 is 18.6 Å². The standard InChI is InChI=1S/C21H21N5O2/c1-14-20-23-18(13-26(20)6-5-22-14)17-11-15-3-4-16(12-19(15)28-21(17)27)25-9-7-24(2)8-10-25/h3-6,11-13H,7-10H2,1-2H3. The number of imidazole rings is 1. The van der Waals surface area contributed by atoms with Gasteiger partial charge in [-0.25, -0.2) is 9.78 Å². The van der Waals surface area contributed by atoms with E-state index in [0.29, 0.717) is 16.8 Å². The molecule has 0 N–H and O–H groups in total. The number of aromatic nitrogens is 3. The first-order chi connectivity index (χ1) is 13.6. The quantitative estimate of drug-likeness (QED) is 0.502. The maximum Gasteiger partial charge on any atom is 0.345 e. The zero-order valence-electron chi connectivity index (χ0n) is 15.9. The van der Waals surface area contributed by atoms with Gasteiger partial charge in [-0.05, 0) is 32.2 Å². The van der Waals surface area contributed by atoms with E-state index >= 15 is 0 Å². The Hall–Kier alpha value is -3.19. The highest BCUT2D eigenvalue weighted by Gasteiger charge is 2.17. The summed E-state index contributed by atoms with van der Waals surface area (Å²) in [4.78, 5) is 26.1. The lowest BCUT2D eigenvalue weighted by Crippen LogP contribution is -2.44. The maximum atomic E-state index is 12.7. The van der Waals surface area contributed by atoms with Gasteiger partial charge in [0.2, 0.25) is 0 Å². The highest BCUT2D eigenvalue weighted by Crippen LogP contribution is 2.26. The summed E-state index contributed by atoms with van der Waals surface area (Å²) in [6.45, 7) is 5.90. The van der Waals surface area contributed by atoms with Gasteiger partial charge in [-0.2, -0.15) is 0 Å². The summed E-state index contributed by atoms with van der Waals surface area (Å²) in [6, 6.07) is 7.93. The van der Waals surface area contributed by atoms with Gasteiger partial charge in [-0.3, -0.25) is 4.98 Å². The highest BCUT2D eigenvalue weighted by molar-refractivity contribution is 5.84. The summed E-state index contributed by atoms with van der Waals surface area (Å²) < 4.78 is 7.54. The number of likely N-dealkylation sites (N-methyl/N-ethyl adjacent to an activating group) is 1. The van der Waals surface area contributed by atoms with Gasteiger partial charge >= 0.3 is 5.63 Å². The lowest BCUT2D eigenvalue weighted by Gasteiger charge is -2.34. The largest absolute Gasteiger partial charge is 0.422 e. The van der Waals surface area contributed by atoms with Gasteiger partial charge in [0.1, 0.15) is 5.58 Å². The van der Waals surface area contributed by atoms with E-state index in [1.54, 1.807) is 6.20 Å². The second kappa shape index (κ2) is 6.45. The molecule has 4 aromatic rings. The number of piperazine rings is 1. The normalized spacial score (nSPS) is 15.6. The number of anilines is 1. The molecule has 1 fully saturated rings. The fourth-order valence-electron chi connectivity index (χ4n) is 3.72. The van der Waals surface area contributed by atoms with Crippen LogP contribution in [-0.4, -0.2) is 52.5 Å². The third kappa shape index (κ3) is 2.84. The van der Waals surface area contributed by atoms with Crippen LogP contribution in [0.25, 0.3) is 27.9 Å². The van der Waals surface area contributed by atoms with E-state index in [0.717, 1.165) is 48.6 Å². The third-order valence-corrected chi connectivity index (χ3v) is 5.42. The number of hydrogen-bond donors (Lipinski definition) is 0. The van der Waals surface area contributed by atoms with Crippen LogP contribution in [0.1, 0.15) is 5.69 Å². The maximum absolute atomic E-state index is 12.7. The van der Waals surface area contributed by atoms with Crippen LogP contribution in [0, 0.1) is 6.92 Å². The number of hydrogen-bond acceptors (Lipinski definition) is 6. The van der Waals surface area contributed by atoms with Crippen LogP contribution in [0.4, 0.5) is 5.69 Å². The fraction of sp³-hybridized carbons (Fsp3) is 0.286. The van der Waals surface area contributed by atoms with Gasteiger partial charge in [0.25, 0.3) is 0 Å². The molecule has 1 saturated heterocycles. The first kappa shape index (κ1) is 16.9. The van der Waals surface area contributed by atoms with Gasteiger partial charge in [0.15, 0.2) is 5.65 Å². The molecule has 0 unspecified atom stereocenters. The van der Waals surface area contributed by atoms with Gasteiger partial charge in [-0.15, -0.1) is 0 Å². The Bertz CT molecular complexity index is 1230. The third-order valence-electron chi connectivity index (χ3n) is 5.42. The van der Waals surface area contributed by atoms with Crippen molar-refractivity contribution in [1.29, 1.82) is 0 Å². The predicted octanol–water partition coefficient (Wildman–Crippen LogP) is 2.56. The van der Waals surface area contributed by atoms with Crippen molar-refractivity contribution in [3.8, 4) is 11.3 Å². The molecule has 1 aliphatic rings. The van der Waals surface area contributed by atoms with E-state index in [4.69, 9.17) is 4.42 Å². The molecule has 0 radical (unpaired) electrons. The molecule has 142 valence electrons. The summed E-state index contributed by atoms with van der Waals surface area (Å²) in [5.74, 6) is 0. The van der Waals surface area contributed by atoms with E-state index < -0.39 is 0 Å². The minimum atomic E-state index is -0.378. The molecule has 1 aliphatic heterocycles. The molecule has 0 spiro atoms. The van der Waals surface area contributed by atoms with Crippen LogP contribution < -0.4 is 10.5 Å². The molecule has 7 heteroatoms. The van der Waals surface area contributed by atoms with Crippen LogP contribution in [-0.2, 0) is 0 Å². The van der Waals surface area contributed by atoms with E-state index in [1.807, 2.05) is 41.9 Å². The highest BCUT2D eigenvalue weighted by atomic mass is 16.4. The molecular weight excluding hydrogens is 354 g/mol. The van der Waals surface area contributed by atoms with Crippen molar-refractivity contribution in [2.24, 2.45) is 0 Å². The molecule has 0 amide bonds. The zero-order valence-corrected chi connectivity index (χ0v) is 15.9. The molecule has 1 aromatic carbocycles. The molecule has 0 bridgehead atoms. The van der Waals surface area contributed by atoms with Crippen molar-refractivity contribution in [2.75, 3.05) is 38.1 Å². The zero-order chi connectivity index (χ0) is 19.3. The Morgan fingerprint density at radius 2 is 1.93 bits per heavy atom. The van der Waals surface area contributed by atoms with Crippen molar-refractivity contribution >= 4 is 22.3 Å². The minimum absolute atomic E-state index is 0.378. The SMILES string of the molecule is Cc1nccn2cc(-c3cc4ccc(N5CCN(C)CC5)cc4oc3=O)nc12. The molecule has 7 nitrogen and oxygen atoms in total. The molecule has 28 heavy (non-hydrogen) atoms. The topological polar surface area (TPSA) is 66.9 Å². The monoisotopic (exact) mass is 375 g/mol. The van der Waals surface area contributed by atoms with Crippen LogP contribution in [0.2, 0.25) is 0 Å². The second-order valence-corrected chi connectivity index (χ2v) is 7.33. The Kier molecular flexibility index (Phi) is 3.91. The Morgan fingerprint density at radius 3 is 2.71 bits per heavy atom. The average molecular weight is 375 g/mol. The Labute approximate surface area is 161 Å². The summed E-state index contributed by atoms with van der Waals surface area (Å²) in [5.41, 5.74) is 3.92. The molecule has 0 aliphatic carbocycles. The Balaban J connectivity index is 1.56. The van der Waals surface area contributed by atoms with Crippen molar-refractivity contribution < 1.29 is 4.42 Å². The van der Waals surface area contributed by atoms with Crippen molar-refractivity contribution in [3.05, 3.63) is 59.0 Å². The van der Waals surface area contributed by atoms with E-state index in [-0.39, 0.29) is 5.63 Å². The van der Waals surface area contributed by atoms with Gasteiger partial charge in [-0.1, -0.05) is 0 Å². The average Bonchev–Trinajstić information content (AvgIpc) is 3.13. The molecule has 3 aromatic heterocycles. The molecule has 0 saturated carbocycles. The lowest BCUT2D eigenvalue weighted by atomic mass is 10.1. The summed E-state index contributed by atoms with van der Waals surface area (Å²) >= 11 is 0. The second-order valence-electron chi connectivity index (χ2n) is 7.33. The van der Waals surface area contributed by atoms with E-state index in [9.17, 15) is 4.79 Å². The number of benzene rings is 1. The summed E-state index contributed by atoms with van der Waals surface area (Å²) in [5, 5.41) is 0.888. The molecular formula is C21H21N5O2. The molecule has 4 heterocycles. The number of rotatable bonds is 2. The predicted molar refractivity (Wildman–Crippen MR) is 109 cm³/mol. The van der Waals surface area contributed by atoms with E-state index in [1.165, 1.54) is 0 Å². The van der Waals surface area contributed by atoms with Gasteiger partial charge in [0, 0.05) is 61.9 Å². The van der Waals surface area contributed by atoms with E-state index in [2.05, 4.69) is 32.9 Å². The summed E-state index contributed by atoms with van der Waals surface area (Å²) in [7, 11) is 2.13. The number of nitrogens with zero attached hydrogens (tertiary/aromatic N) is 5. The first-order valence-electron chi connectivity index (χ1n) is 9.40. The van der Waals surface area contributed by atoms with Gasteiger partial charge in [0.05, 0.1) is 17.0 Å². The van der Waals surface area contributed by atoms with Crippen molar-refractivity contribution in [3.63, 3.8) is 0 Å². The van der Waals surface area contributed by atoms with Crippen molar-refractivity contribution in [2.45, 2.75) is 6.92 Å². The molecule has 0 atom stereocenters. The lowest BCUT2D eigenvalue weighted by molar-refractivity contribution is 0.313. The summed E-state index contributed by atoms with van der Waals surface area (Å²) in [6.07, 6.45) is 5.38. The van der Waals surface area contributed by atoms with Crippen LogP contribution in [0.15, 0.2) is 52.1 Å². The first-order valence-corrected chi connectivity index (χ1v) is 9.40. The van der Waals surface area contributed by atoms with Crippen LogP contribution in [0.5, 0.6) is 0 Å². The van der Waals surface area contributed by atoms with Crippen molar-refractivity contribution in [1.82, 2.24) is 19.3 Å². The molecule has 5 rings (SSSR count). The number of fused-ring (bicyclic) bond motifs is 2. The van der Waals surface area contributed by atoms with Crippen LogP contribution in [0.3, 0.4) is 0 Å². The smallest absolute Gasteiger partial charge is 0.345 e. The fourth-order valence-corrected chi connectivity index (χ4v) is 3.72. The van der Waals surface area contributed by atoms with Crippen LogP contribution >= 0.6 is 0 Å². The Morgan fingerprint density at radius 1 is 1.11 bits per heavy atom. The number of aryl methyl sites for hydroxylation is 1.